The number of thioether (sulfide) groups is 1. The number of primary amides is 1. The number of nitrogens with two attached hydrogens (primary N) is 1. The minimum absolute atomic E-state index is 0.0396. The molecule has 0 radical (unpaired) electrons. The molecule has 2 aromatic rings. The van der Waals surface area contributed by atoms with E-state index in [0.717, 1.165) is 11.8 Å². The smallest absolute Gasteiger partial charge is 0.252 e. The fourth-order valence-corrected chi connectivity index (χ4v) is 2.84. The Morgan fingerprint density at radius 1 is 1.00 bits per heavy atom. The first kappa shape index (κ1) is 17.6. The zero-order chi connectivity index (χ0) is 17.5. The van der Waals surface area contributed by atoms with Crippen molar-refractivity contribution in [2.24, 2.45) is 5.73 Å². The van der Waals surface area contributed by atoms with Crippen molar-refractivity contribution in [2.75, 3.05) is 6.54 Å². The highest BCUT2D eigenvalue weighted by Crippen LogP contribution is 2.29. The van der Waals surface area contributed by atoms with Gasteiger partial charge in [-0.2, -0.15) is 0 Å². The lowest BCUT2D eigenvalue weighted by molar-refractivity contribution is -0.117. The van der Waals surface area contributed by atoms with Crippen LogP contribution in [-0.4, -0.2) is 28.6 Å². The minimum Gasteiger partial charge on any atom is -0.507 e. The SMILES string of the molecule is NC(=O)CCNC(=O)c1ccccc1SC(=O)c1ccccc1O. The molecule has 2 rings (SSSR count). The quantitative estimate of drug-likeness (QED) is 0.694. The van der Waals surface area contributed by atoms with Crippen molar-refractivity contribution >= 4 is 28.7 Å². The number of phenols is 1. The number of benzene rings is 2. The minimum atomic E-state index is -0.507. The molecule has 7 heteroatoms. The van der Waals surface area contributed by atoms with E-state index in [0.29, 0.717) is 10.5 Å². The lowest BCUT2D eigenvalue weighted by atomic mass is 10.2. The summed E-state index contributed by atoms with van der Waals surface area (Å²) in [4.78, 5) is 35.7. The summed E-state index contributed by atoms with van der Waals surface area (Å²) in [6, 6.07) is 12.8. The monoisotopic (exact) mass is 344 g/mol. The van der Waals surface area contributed by atoms with Crippen LogP contribution in [0.5, 0.6) is 5.75 Å². The lowest BCUT2D eigenvalue weighted by Gasteiger charge is -2.09. The van der Waals surface area contributed by atoms with Gasteiger partial charge >= 0.3 is 0 Å². The second kappa shape index (κ2) is 8.16. The maximum absolute atomic E-state index is 12.3. The molecule has 0 saturated carbocycles. The predicted octanol–water partition coefficient (Wildman–Crippen LogP) is 1.93. The van der Waals surface area contributed by atoms with Crippen LogP contribution in [0.1, 0.15) is 27.1 Å². The Hall–Kier alpha value is -2.80. The van der Waals surface area contributed by atoms with Crippen LogP contribution in [0.2, 0.25) is 0 Å². The molecule has 6 nitrogen and oxygen atoms in total. The van der Waals surface area contributed by atoms with E-state index in [1.165, 1.54) is 12.1 Å². The Morgan fingerprint density at radius 3 is 2.29 bits per heavy atom. The topological polar surface area (TPSA) is 109 Å². The maximum Gasteiger partial charge on any atom is 0.252 e. The number of carbonyl (C=O) groups excluding carboxylic acids is 3. The summed E-state index contributed by atoms with van der Waals surface area (Å²) >= 11 is 0.854. The zero-order valence-corrected chi connectivity index (χ0v) is 13.5. The molecule has 0 atom stereocenters. The molecular formula is C17H16N2O4S. The van der Waals surface area contributed by atoms with Gasteiger partial charge in [-0.25, -0.2) is 0 Å². The molecule has 0 aliphatic rings. The summed E-state index contributed by atoms with van der Waals surface area (Å²) < 4.78 is 0. The third-order valence-electron chi connectivity index (χ3n) is 3.12. The molecule has 0 aromatic heterocycles. The lowest BCUT2D eigenvalue weighted by Crippen LogP contribution is -2.28. The molecule has 124 valence electrons. The molecule has 0 aliphatic carbocycles. The average molecular weight is 344 g/mol. The van der Waals surface area contributed by atoms with E-state index in [1.807, 2.05) is 0 Å². The first-order valence-electron chi connectivity index (χ1n) is 7.14. The van der Waals surface area contributed by atoms with Crippen molar-refractivity contribution in [1.29, 1.82) is 0 Å². The number of hydrogen-bond acceptors (Lipinski definition) is 5. The van der Waals surface area contributed by atoms with E-state index in [2.05, 4.69) is 5.32 Å². The van der Waals surface area contributed by atoms with Gasteiger partial charge in [0.2, 0.25) is 11.0 Å². The zero-order valence-electron chi connectivity index (χ0n) is 12.7. The molecule has 0 fully saturated rings. The standard InChI is InChI=1S/C17H16N2O4S/c18-15(21)9-10-19-16(22)12-6-2-4-8-14(12)24-17(23)11-5-1-3-7-13(11)20/h1-8,20H,9-10H2,(H2,18,21)(H,19,22). The van der Waals surface area contributed by atoms with E-state index >= 15 is 0 Å². The molecule has 2 amide bonds. The van der Waals surface area contributed by atoms with Crippen molar-refractivity contribution in [3.8, 4) is 5.75 Å². The molecule has 24 heavy (non-hydrogen) atoms. The fourth-order valence-electron chi connectivity index (χ4n) is 1.94. The average Bonchev–Trinajstić information content (AvgIpc) is 2.55. The first-order chi connectivity index (χ1) is 11.5. The van der Waals surface area contributed by atoms with Crippen molar-refractivity contribution in [3.05, 3.63) is 59.7 Å². The number of para-hydroxylation sites is 1. The molecule has 0 bridgehead atoms. The van der Waals surface area contributed by atoms with Crippen molar-refractivity contribution < 1.29 is 19.5 Å². The van der Waals surface area contributed by atoms with Crippen LogP contribution < -0.4 is 11.1 Å². The van der Waals surface area contributed by atoms with Crippen LogP contribution in [0.4, 0.5) is 0 Å². The van der Waals surface area contributed by atoms with Gasteiger partial charge in [-0.1, -0.05) is 24.3 Å². The molecular weight excluding hydrogens is 328 g/mol. The number of amides is 2. The van der Waals surface area contributed by atoms with E-state index in [9.17, 15) is 19.5 Å². The van der Waals surface area contributed by atoms with Gasteiger partial charge in [0.1, 0.15) is 5.75 Å². The van der Waals surface area contributed by atoms with Gasteiger partial charge < -0.3 is 16.2 Å². The van der Waals surface area contributed by atoms with Crippen molar-refractivity contribution in [1.82, 2.24) is 5.32 Å². The molecule has 0 spiro atoms. The van der Waals surface area contributed by atoms with Crippen LogP contribution in [-0.2, 0) is 4.79 Å². The summed E-state index contributed by atoms with van der Waals surface area (Å²) in [5, 5.41) is 12.0. The number of carbonyl (C=O) groups is 3. The second-order valence-corrected chi connectivity index (χ2v) is 5.89. The van der Waals surface area contributed by atoms with Crippen LogP contribution in [0, 0.1) is 0 Å². The highest BCUT2D eigenvalue weighted by atomic mass is 32.2. The molecule has 0 aliphatic heterocycles. The third-order valence-corrected chi connectivity index (χ3v) is 4.10. The van der Waals surface area contributed by atoms with Gasteiger partial charge in [-0.05, 0) is 36.0 Å². The number of aromatic hydroxyl groups is 1. The highest BCUT2D eigenvalue weighted by Gasteiger charge is 2.17. The Bertz CT molecular complexity index is 777. The van der Waals surface area contributed by atoms with E-state index < -0.39 is 11.8 Å². The molecule has 0 saturated heterocycles. The van der Waals surface area contributed by atoms with Gasteiger partial charge in [0, 0.05) is 17.9 Å². The number of rotatable bonds is 6. The maximum atomic E-state index is 12.3. The molecule has 0 unspecified atom stereocenters. The Balaban J connectivity index is 2.14. The Labute approximate surface area is 143 Å². The molecule has 4 N–H and O–H groups in total. The fraction of sp³-hybridized carbons (Fsp3) is 0.118. The van der Waals surface area contributed by atoms with E-state index in [-0.39, 0.29) is 29.4 Å². The summed E-state index contributed by atoms with van der Waals surface area (Å²) in [7, 11) is 0. The largest absolute Gasteiger partial charge is 0.507 e. The van der Waals surface area contributed by atoms with Crippen LogP contribution in [0.25, 0.3) is 0 Å². The van der Waals surface area contributed by atoms with E-state index in [4.69, 9.17) is 5.73 Å². The van der Waals surface area contributed by atoms with E-state index in [1.54, 1.807) is 36.4 Å². The Morgan fingerprint density at radius 2 is 1.62 bits per heavy atom. The highest BCUT2D eigenvalue weighted by molar-refractivity contribution is 8.14. The number of phenolic OH excluding ortho intramolecular Hbond substituents is 1. The summed E-state index contributed by atoms with van der Waals surface area (Å²) in [6.45, 7) is 0.126. The van der Waals surface area contributed by atoms with Crippen LogP contribution >= 0.6 is 11.8 Å². The van der Waals surface area contributed by atoms with Crippen molar-refractivity contribution in [2.45, 2.75) is 11.3 Å². The van der Waals surface area contributed by atoms with Crippen LogP contribution in [0.15, 0.2) is 53.4 Å². The molecule has 2 aromatic carbocycles. The van der Waals surface area contributed by atoms with Gasteiger partial charge in [-0.15, -0.1) is 0 Å². The molecule has 0 heterocycles. The van der Waals surface area contributed by atoms with Gasteiger partial charge in [0.25, 0.3) is 5.91 Å². The normalized spacial score (nSPS) is 10.2. The number of nitrogens with one attached hydrogen (secondary N) is 1. The summed E-state index contributed by atoms with van der Waals surface area (Å²) in [5.41, 5.74) is 5.52. The summed E-state index contributed by atoms with van der Waals surface area (Å²) in [5.74, 6) is -1.02. The summed E-state index contributed by atoms with van der Waals surface area (Å²) in [6.07, 6.45) is 0.0396. The first-order valence-corrected chi connectivity index (χ1v) is 7.96. The van der Waals surface area contributed by atoms with Crippen LogP contribution in [0.3, 0.4) is 0 Å². The Kier molecular flexibility index (Phi) is 5.97. The van der Waals surface area contributed by atoms with Gasteiger partial charge in [0.15, 0.2) is 0 Å². The third kappa shape index (κ3) is 4.60. The predicted molar refractivity (Wildman–Crippen MR) is 90.9 cm³/mol. The number of hydrogen-bond donors (Lipinski definition) is 3. The van der Waals surface area contributed by atoms with Crippen molar-refractivity contribution in [3.63, 3.8) is 0 Å². The van der Waals surface area contributed by atoms with Gasteiger partial charge in [-0.3, -0.25) is 14.4 Å². The second-order valence-electron chi connectivity index (χ2n) is 4.88. The van der Waals surface area contributed by atoms with Gasteiger partial charge in [0.05, 0.1) is 11.1 Å².